The molecule has 140 valence electrons. The van der Waals surface area contributed by atoms with Crippen LogP contribution in [0.25, 0.3) is 0 Å². The monoisotopic (exact) mass is 386 g/mol. The molecule has 0 bridgehead atoms. The fourth-order valence-electron chi connectivity index (χ4n) is 4.03. The third kappa shape index (κ3) is 3.62. The summed E-state index contributed by atoms with van der Waals surface area (Å²) < 4.78 is 13.6. The van der Waals surface area contributed by atoms with Crippen LogP contribution in [0.4, 0.5) is 4.39 Å². The topological polar surface area (TPSA) is 40.6 Å². The van der Waals surface area contributed by atoms with Crippen molar-refractivity contribution < 1.29 is 14.0 Å². The van der Waals surface area contributed by atoms with E-state index in [2.05, 4.69) is 0 Å². The quantitative estimate of drug-likeness (QED) is 0.741. The van der Waals surface area contributed by atoms with Gasteiger partial charge in [0.1, 0.15) is 5.82 Å². The highest BCUT2D eigenvalue weighted by atomic mass is 35.5. The van der Waals surface area contributed by atoms with Crippen molar-refractivity contribution in [3.63, 3.8) is 0 Å². The number of halogens is 2. The zero-order valence-electron chi connectivity index (χ0n) is 14.8. The standard InChI is InChI=1S/C21H20ClFN2O2/c22-18-7-6-15(10-19(18)23)11-24-12-16-17(13-24)21(27)25(20(16)26)9-8-14-4-2-1-3-5-14/h1-7,10,16-17H,8-9,11-13H2/t16-,17+. The molecule has 2 aliphatic rings. The lowest BCUT2D eigenvalue weighted by Crippen LogP contribution is -2.37. The van der Waals surface area contributed by atoms with Crippen molar-refractivity contribution in [2.75, 3.05) is 19.6 Å². The molecule has 27 heavy (non-hydrogen) atoms. The molecular formula is C21H20ClFN2O2. The van der Waals surface area contributed by atoms with Gasteiger partial charge < -0.3 is 0 Å². The first-order valence-electron chi connectivity index (χ1n) is 9.08. The van der Waals surface area contributed by atoms with Crippen LogP contribution in [0.5, 0.6) is 0 Å². The highest BCUT2D eigenvalue weighted by Crippen LogP contribution is 2.34. The number of rotatable bonds is 5. The van der Waals surface area contributed by atoms with Crippen molar-refractivity contribution >= 4 is 23.4 Å². The van der Waals surface area contributed by atoms with Crippen molar-refractivity contribution in [3.8, 4) is 0 Å². The van der Waals surface area contributed by atoms with Crippen LogP contribution < -0.4 is 0 Å². The Balaban J connectivity index is 1.38. The molecule has 2 atom stereocenters. The molecule has 2 heterocycles. The summed E-state index contributed by atoms with van der Waals surface area (Å²) in [5.41, 5.74) is 1.90. The summed E-state index contributed by atoms with van der Waals surface area (Å²) in [4.78, 5) is 28.9. The molecule has 2 amide bonds. The minimum absolute atomic E-state index is 0.0780. The summed E-state index contributed by atoms with van der Waals surface area (Å²) in [6.07, 6.45) is 0.672. The zero-order valence-corrected chi connectivity index (χ0v) is 15.5. The van der Waals surface area contributed by atoms with E-state index in [1.54, 1.807) is 6.07 Å². The van der Waals surface area contributed by atoms with Crippen LogP contribution >= 0.6 is 11.6 Å². The molecule has 0 unspecified atom stereocenters. The van der Waals surface area contributed by atoms with E-state index in [-0.39, 0.29) is 28.7 Å². The lowest BCUT2D eigenvalue weighted by Gasteiger charge is -2.20. The summed E-state index contributed by atoms with van der Waals surface area (Å²) in [5.74, 6) is -1.18. The van der Waals surface area contributed by atoms with E-state index < -0.39 is 5.82 Å². The van der Waals surface area contributed by atoms with Gasteiger partial charge in [0.05, 0.1) is 16.9 Å². The Hall–Kier alpha value is -2.24. The van der Waals surface area contributed by atoms with Crippen LogP contribution in [0.15, 0.2) is 48.5 Å². The molecule has 0 aromatic heterocycles. The minimum Gasteiger partial charge on any atom is -0.297 e. The lowest BCUT2D eigenvalue weighted by atomic mass is 10.00. The van der Waals surface area contributed by atoms with Gasteiger partial charge in [-0.2, -0.15) is 0 Å². The second-order valence-electron chi connectivity index (χ2n) is 7.22. The third-order valence-electron chi connectivity index (χ3n) is 5.42. The normalized spacial score (nSPS) is 22.5. The Labute approximate surface area is 162 Å². The first kappa shape index (κ1) is 18.1. The van der Waals surface area contributed by atoms with Crippen LogP contribution in [0.3, 0.4) is 0 Å². The SMILES string of the molecule is O=C1[C@H]2CN(Cc3ccc(Cl)c(F)c3)C[C@H]2C(=O)N1CCc1ccccc1. The molecule has 4 rings (SSSR count). The highest BCUT2D eigenvalue weighted by Gasteiger charge is 2.51. The molecule has 6 heteroatoms. The maximum absolute atomic E-state index is 13.6. The predicted molar refractivity (Wildman–Crippen MR) is 101 cm³/mol. The Kier molecular flexibility index (Phi) is 4.98. The van der Waals surface area contributed by atoms with Gasteiger partial charge in [0, 0.05) is 26.2 Å². The Bertz CT molecular complexity index is 850. The Morgan fingerprint density at radius 3 is 2.26 bits per heavy atom. The van der Waals surface area contributed by atoms with Gasteiger partial charge in [-0.15, -0.1) is 0 Å². The fourth-order valence-corrected chi connectivity index (χ4v) is 4.14. The first-order valence-corrected chi connectivity index (χ1v) is 9.46. The lowest BCUT2D eigenvalue weighted by molar-refractivity contribution is -0.140. The van der Waals surface area contributed by atoms with E-state index in [1.165, 1.54) is 17.0 Å². The molecule has 2 aliphatic heterocycles. The van der Waals surface area contributed by atoms with Gasteiger partial charge in [-0.1, -0.05) is 48.0 Å². The number of likely N-dealkylation sites (tertiary alicyclic amines) is 2. The average Bonchev–Trinajstić information content (AvgIpc) is 3.17. The summed E-state index contributed by atoms with van der Waals surface area (Å²) in [5, 5.41) is 0.0939. The number of fused-ring (bicyclic) bond motifs is 1. The summed E-state index contributed by atoms with van der Waals surface area (Å²) in [6.45, 7) is 1.99. The van der Waals surface area contributed by atoms with Gasteiger partial charge in [0.2, 0.25) is 11.8 Å². The molecule has 2 fully saturated rings. The highest BCUT2D eigenvalue weighted by molar-refractivity contribution is 6.30. The van der Waals surface area contributed by atoms with Gasteiger partial charge in [-0.3, -0.25) is 19.4 Å². The summed E-state index contributed by atoms with van der Waals surface area (Å²) in [7, 11) is 0. The molecule has 0 spiro atoms. The van der Waals surface area contributed by atoms with E-state index >= 15 is 0 Å². The number of hydrogen-bond acceptors (Lipinski definition) is 3. The number of imide groups is 1. The van der Waals surface area contributed by atoms with E-state index in [0.29, 0.717) is 32.6 Å². The van der Waals surface area contributed by atoms with Crippen LogP contribution in [0.2, 0.25) is 5.02 Å². The number of amides is 2. The maximum atomic E-state index is 13.6. The van der Waals surface area contributed by atoms with Crippen molar-refractivity contribution in [1.82, 2.24) is 9.80 Å². The largest absolute Gasteiger partial charge is 0.297 e. The Morgan fingerprint density at radius 2 is 1.63 bits per heavy atom. The average molecular weight is 387 g/mol. The van der Waals surface area contributed by atoms with Crippen molar-refractivity contribution in [1.29, 1.82) is 0 Å². The number of hydrogen-bond donors (Lipinski definition) is 0. The van der Waals surface area contributed by atoms with Crippen LogP contribution in [-0.2, 0) is 22.6 Å². The molecule has 0 aliphatic carbocycles. The molecular weight excluding hydrogens is 367 g/mol. The minimum atomic E-state index is -0.451. The molecule has 0 radical (unpaired) electrons. The number of benzene rings is 2. The maximum Gasteiger partial charge on any atom is 0.234 e. The molecule has 4 nitrogen and oxygen atoms in total. The summed E-state index contributed by atoms with van der Waals surface area (Å²) >= 11 is 5.72. The van der Waals surface area contributed by atoms with Gasteiger partial charge in [0.25, 0.3) is 0 Å². The van der Waals surface area contributed by atoms with Crippen LogP contribution in [0, 0.1) is 17.7 Å². The molecule has 0 saturated carbocycles. The Morgan fingerprint density at radius 1 is 0.963 bits per heavy atom. The van der Waals surface area contributed by atoms with Crippen LogP contribution in [0.1, 0.15) is 11.1 Å². The van der Waals surface area contributed by atoms with E-state index in [1.807, 2.05) is 35.2 Å². The smallest absolute Gasteiger partial charge is 0.234 e. The second kappa shape index (κ2) is 7.41. The third-order valence-corrected chi connectivity index (χ3v) is 5.73. The first-order chi connectivity index (χ1) is 13.0. The molecule has 0 N–H and O–H groups in total. The van der Waals surface area contributed by atoms with Crippen molar-refractivity contribution in [2.45, 2.75) is 13.0 Å². The number of carbonyl (C=O) groups excluding carboxylic acids is 2. The zero-order chi connectivity index (χ0) is 19.0. The van der Waals surface area contributed by atoms with Gasteiger partial charge in [-0.05, 0) is 29.7 Å². The predicted octanol–water partition coefficient (Wildman–Crippen LogP) is 3.14. The van der Waals surface area contributed by atoms with Crippen molar-refractivity contribution in [2.24, 2.45) is 11.8 Å². The summed E-state index contributed by atoms with van der Waals surface area (Å²) in [6, 6.07) is 14.6. The van der Waals surface area contributed by atoms with Gasteiger partial charge in [0.15, 0.2) is 0 Å². The van der Waals surface area contributed by atoms with E-state index in [9.17, 15) is 14.0 Å². The fraction of sp³-hybridized carbons (Fsp3) is 0.333. The van der Waals surface area contributed by atoms with Gasteiger partial charge >= 0.3 is 0 Å². The number of carbonyl (C=O) groups is 2. The molecule has 2 aromatic rings. The van der Waals surface area contributed by atoms with Crippen molar-refractivity contribution in [3.05, 3.63) is 70.5 Å². The number of nitrogens with zero attached hydrogens (tertiary/aromatic N) is 2. The van der Waals surface area contributed by atoms with E-state index in [0.717, 1.165) is 11.1 Å². The van der Waals surface area contributed by atoms with E-state index in [4.69, 9.17) is 11.6 Å². The second-order valence-corrected chi connectivity index (χ2v) is 7.63. The van der Waals surface area contributed by atoms with Gasteiger partial charge in [-0.25, -0.2) is 4.39 Å². The van der Waals surface area contributed by atoms with Crippen LogP contribution in [-0.4, -0.2) is 41.2 Å². The molecule has 2 saturated heterocycles. The molecule has 2 aromatic carbocycles.